The predicted octanol–water partition coefficient (Wildman–Crippen LogP) is 4.95. The number of anilines is 1. The molecular weight excluding hydrogens is 664 g/mol. The van der Waals surface area contributed by atoms with Gasteiger partial charge in [-0.25, -0.2) is 9.59 Å². The van der Waals surface area contributed by atoms with Gasteiger partial charge in [-0.2, -0.15) is 0 Å². The maximum absolute atomic E-state index is 14.4. The van der Waals surface area contributed by atoms with Crippen molar-refractivity contribution in [2.45, 2.75) is 0 Å². The number of hydrogen-bond donors (Lipinski definition) is 1. The largest absolute Gasteiger partial charge is 0.493 e. The van der Waals surface area contributed by atoms with Crippen LogP contribution in [0.5, 0.6) is 28.7 Å². The Labute approximate surface area is 284 Å². The highest BCUT2D eigenvalue weighted by molar-refractivity contribution is 6.08. The molecule has 2 aromatic heterocycles. The molecule has 0 fully saturated rings. The minimum Gasteiger partial charge on any atom is -0.493 e. The summed E-state index contributed by atoms with van der Waals surface area (Å²) in [6.45, 7) is 0. The van der Waals surface area contributed by atoms with Crippen LogP contribution in [0.3, 0.4) is 0 Å². The molecule has 5 aromatic rings. The van der Waals surface area contributed by atoms with Crippen molar-refractivity contribution in [3.63, 3.8) is 0 Å². The van der Waals surface area contributed by atoms with E-state index in [2.05, 4.69) is 0 Å². The Hall–Kier alpha value is -6.22. The first-order valence-corrected chi connectivity index (χ1v) is 14.1. The van der Waals surface area contributed by atoms with Crippen molar-refractivity contribution in [1.82, 2.24) is 9.13 Å². The zero-order chi connectivity index (χ0) is 34.9. The molecule has 0 unspecified atom stereocenters. The number of fused-ring (bicyclic) bond motifs is 1. The lowest BCUT2D eigenvalue weighted by Gasteiger charge is -2.21. The van der Waals surface area contributed by atoms with Crippen LogP contribution in [-0.4, -0.2) is 61.5 Å². The van der Waals surface area contributed by atoms with Gasteiger partial charge in [-0.3, -0.25) is 19.5 Å². The molecule has 0 aliphatic heterocycles. The number of esters is 2. The van der Waals surface area contributed by atoms with Gasteiger partial charge in [0.05, 0.1) is 52.1 Å². The van der Waals surface area contributed by atoms with E-state index in [1.807, 2.05) is 0 Å². The summed E-state index contributed by atoms with van der Waals surface area (Å²) in [5.74, 6) is -1.15. The molecule has 49 heavy (non-hydrogen) atoms. The second-order valence-electron chi connectivity index (χ2n) is 10.3. The molecule has 5 rings (SSSR count). The maximum Gasteiger partial charge on any atom is 0.360 e. The van der Waals surface area contributed by atoms with Crippen molar-refractivity contribution in [2.75, 3.05) is 41.3 Å². The first kappa shape index (κ1) is 35.6. The molecule has 2 heterocycles. The van der Waals surface area contributed by atoms with Crippen LogP contribution < -0.4 is 35.0 Å². The van der Waals surface area contributed by atoms with Crippen molar-refractivity contribution in [2.24, 2.45) is 7.05 Å². The Morgan fingerprint density at radius 1 is 0.796 bits per heavy atom. The molecule has 15 nitrogen and oxygen atoms in total. The molecule has 2 N–H and O–H groups in total. The molecule has 0 spiro atoms. The van der Waals surface area contributed by atoms with Crippen molar-refractivity contribution >= 4 is 46.5 Å². The summed E-state index contributed by atoms with van der Waals surface area (Å²) in [5, 5.41) is 11.5. The lowest BCUT2D eigenvalue weighted by atomic mass is 9.95. The first-order chi connectivity index (χ1) is 23.0. The number of aryl methyl sites for hydroxylation is 1. The summed E-state index contributed by atoms with van der Waals surface area (Å²) in [6.07, 6.45) is 1.16. The van der Waals surface area contributed by atoms with Gasteiger partial charge in [-0.05, 0) is 54.1 Å². The summed E-state index contributed by atoms with van der Waals surface area (Å²) in [7, 11) is 8.26. The number of carbonyl (C=O) groups excluding carboxylic acids is 2. The molecule has 16 heteroatoms. The summed E-state index contributed by atoms with van der Waals surface area (Å²) in [4.78, 5) is 52.0. The standard InChI is InChI=1S/C33H30N4O11.ClH/c1-35-16-20(37(41)42)13-23(35)32(39)48-25-15-22-21(14-24(25)43-2)28(17-11-26(44-3)30(46-5)27(12-17)45-4)29(33(40)47-6)36(31(22)38)19-9-7-18(34)8-10-19;/h7-16H,34H2,1-6H3;1H. The third-order valence-electron chi connectivity index (χ3n) is 7.56. The quantitative estimate of drug-likeness (QED) is 0.0683. The van der Waals surface area contributed by atoms with Gasteiger partial charge in [0, 0.05) is 35.4 Å². The molecule has 0 saturated carbocycles. The second-order valence-corrected chi connectivity index (χ2v) is 10.3. The molecule has 0 atom stereocenters. The monoisotopic (exact) mass is 694 g/mol. The van der Waals surface area contributed by atoms with E-state index in [4.69, 9.17) is 34.2 Å². The molecule has 3 aromatic carbocycles. The Morgan fingerprint density at radius 3 is 1.90 bits per heavy atom. The number of aromatic nitrogens is 2. The number of nitrogens with two attached hydrogens (primary N) is 1. The van der Waals surface area contributed by atoms with Gasteiger partial charge in [-0.1, -0.05) is 0 Å². The van der Waals surface area contributed by atoms with Crippen LogP contribution in [0.25, 0.3) is 27.6 Å². The van der Waals surface area contributed by atoms with Crippen LogP contribution in [0.15, 0.2) is 65.6 Å². The van der Waals surface area contributed by atoms with Gasteiger partial charge in [0.15, 0.2) is 23.0 Å². The number of hydrogen-bond acceptors (Lipinski definition) is 12. The number of methoxy groups -OCH3 is 5. The van der Waals surface area contributed by atoms with E-state index in [0.717, 1.165) is 16.8 Å². The summed E-state index contributed by atoms with van der Waals surface area (Å²) < 4.78 is 35.5. The average Bonchev–Trinajstić information content (AvgIpc) is 3.49. The van der Waals surface area contributed by atoms with E-state index in [1.165, 1.54) is 59.3 Å². The molecule has 0 aliphatic carbocycles. The number of halogens is 1. The van der Waals surface area contributed by atoms with Gasteiger partial charge in [0.25, 0.3) is 11.2 Å². The Kier molecular flexibility index (Phi) is 10.4. The van der Waals surface area contributed by atoms with Crippen LogP contribution in [0, 0.1) is 10.1 Å². The minimum atomic E-state index is -0.946. The number of rotatable bonds is 10. The maximum atomic E-state index is 14.4. The number of nitrogens with zero attached hydrogens (tertiary/aromatic N) is 3. The Bertz CT molecular complexity index is 2130. The molecule has 0 aliphatic rings. The highest BCUT2D eigenvalue weighted by atomic mass is 35.5. The van der Waals surface area contributed by atoms with Crippen molar-refractivity contribution in [1.29, 1.82) is 0 Å². The average molecular weight is 695 g/mol. The van der Waals surface area contributed by atoms with Crippen LogP contribution in [0.2, 0.25) is 0 Å². The molecule has 0 bridgehead atoms. The Morgan fingerprint density at radius 2 is 1.39 bits per heavy atom. The molecule has 256 valence electrons. The highest BCUT2D eigenvalue weighted by Gasteiger charge is 2.29. The van der Waals surface area contributed by atoms with Crippen molar-refractivity contribution < 1.29 is 42.9 Å². The molecule has 0 amide bonds. The number of ether oxygens (including phenoxy) is 6. The fraction of sp³-hybridized carbons (Fsp3) is 0.182. The van der Waals surface area contributed by atoms with E-state index >= 15 is 0 Å². The Balaban J connectivity index is 0.00000541. The minimum absolute atomic E-state index is 0. The van der Waals surface area contributed by atoms with Crippen LogP contribution in [-0.2, 0) is 11.8 Å². The lowest BCUT2D eigenvalue weighted by molar-refractivity contribution is -0.384. The van der Waals surface area contributed by atoms with E-state index in [-0.39, 0.29) is 80.3 Å². The predicted molar refractivity (Wildman–Crippen MR) is 181 cm³/mol. The van der Waals surface area contributed by atoms with E-state index in [9.17, 15) is 24.5 Å². The summed E-state index contributed by atoms with van der Waals surface area (Å²) >= 11 is 0. The number of carbonyl (C=O) groups is 2. The van der Waals surface area contributed by atoms with Crippen LogP contribution in [0.4, 0.5) is 11.4 Å². The first-order valence-electron chi connectivity index (χ1n) is 14.1. The number of pyridine rings is 1. The lowest BCUT2D eigenvalue weighted by Crippen LogP contribution is -2.27. The van der Waals surface area contributed by atoms with Crippen molar-refractivity contribution in [3.8, 4) is 45.6 Å². The molecular formula is C33H31ClN4O11. The third-order valence-corrected chi connectivity index (χ3v) is 7.56. The number of nitro groups is 1. The van der Waals surface area contributed by atoms with Gasteiger partial charge >= 0.3 is 11.9 Å². The zero-order valence-corrected chi connectivity index (χ0v) is 27.9. The van der Waals surface area contributed by atoms with E-state index in [1.54, 1.807) is 36.4 Å². The van der Waals surface area contributed by atoms with Gasteiger partial charge in [0.1, 0.15) is 11.4 Å². The van der Waals surface area contributed by atoms with Gasteiger partial charge in [0.2, 0.25) is 5.75 Å². The van der Waals surface area contributed by atoms with Gasteiger partial charge < -0.3 is 38.7 Å². The van der Waals surface area contributed by atoms with Crippen LogP contribution >= 0.6 is 12.4 Å². The molecule has 0 radical (unpaired) electrons. The number of benzene rings is 3. The second kappa shape index (κ2) is 14.3. The fourth-order valence-electron chi connectivity index (χ4n) is 5.32. The smallest absolute Gasteiger partial charge is 0.360 e. The fourth-order valence-corrected chi connectivity index (χ4v) is 5.32. The van der Waals surface area contributed by atoms with E-state index in [0.29, 0.717) is 11.3 Å². The topological polar surface area (TPSA) is 186 Å². The van der Waals surface area contributed by atoms with Crippen LogP contribution in [0.1, 0.15) is 21.0 Å². The zero-order valence-electron chi connectivity index (χ0n) is 27.1. The molecule has 0 saturated heterocycles. The number of nitrogen functional groups attached to an aromatic ring is 1. The summed E-state index contributed by atoms with van der Waals surface area (Å²) in [5.41, 5.74) is 5.91. The highest BCUT2D eigenvalue weighted by Crippen LogP contribution is 2.45. The SMILES string of the molecule is COC(=O)c1c(-c2cc(OC)c(OC)c(OC)c2)c2cc(OC)c(OC(=O)c3cc([N+](=O)[O-])cn3C)cc2c(=O)n1-c1ccc(N)cc1.Cl. The van der Waals surface area contributed by atoms with E-state index < -0.39 is 22.4 Å². The third kappa shape index (κ3) is 6.38. The summed E-state index contributed by atoms with van der Waals surface area (Å²) in [6, 6.07) is 13.2. The van der Waals surface area contributed by atoms with Gasteiger partial charge in [-0.15, -0.1) is 12.4 Å². The van der Waals surface area contributed by atoms with Crippen molar-refractivity contribution in [3.05, 3.63) is 92.7 Å². The normalized spacial score (nSPS) is 10.6.